The van der Waals surface area contributed by atoms with Gasteiger partial charge in [0.2, 0.25) is 0 Å². The molecule has 0 unspecified atom stereocenters. The molecule has 0 aliphatic heterocycles. The fraction of sp³-hybridized carbons (Fsp3) is 0.0714. The Morgan fingerprint density at radius 1 is 1.19 bits per heavy atom. The van der Waals surface area contributed by atoms with Gasteiger partial charge in [-0.2, -0.15) is 0 Å². The fourth-order valence-corrected chi connectivity index (χ4v) is 1.89. The second-order valence-corrected chi connectivity index (χ2v) is 4.61. The minimum Gasteiger partial charge on any atom is -0.334 e. The molecule has 0 spiro atoms. The van der Waals surface area contributed by atoms with E-state index in [1.165, 1.54) is 18.2 Å². The number of amides is 2. The number of hydrogen-bond acceptors (Lipinski definition) is 3. The maximum absolute atomic E-state index is 11.7. The van der Waals surface area contributed by atoms with Crippen LogP contribution in [0.1, 0.15) is 5.56 Å². The molecule has 2 rings (SSSR count). The van der Waals surface area contributed by atoms with Gasteiger partial charge in [0, 0.05) is 29.4 Å². The van der Waals surface area contributed by atoms with E-state index in [0.29, 0.717) is 10.7 Å². The molecule has 2 aromatic rings. The van der Waals surface area contributed by atoms with E-state index in [0.717, 1.165) is 5.56 Å². The van der Waals surface area contributed by atoms with Crippen molar-refractivity contribution >= 4 is 29.0 Å². The molecule has 108 valence electrons. The van der Waals surface area contributed by atoms with Crippen LogP contribution in [0.25, 0.3) is 0 Å². The highest BCUT2D eigenvalue weighted by atomic mass is 35.5. The van der Waals surface area contributed by atoms with Crippen LogP contribution in [0.15, 0.2) is 48.5 Å². The second-order valence-electron chi connectivity index (χ2n) is 4.21. The molecule has 6 nitrogen and oxygen atoms in total. The first-order valence-electron chi connectivity index (χ1n) is 6.09. The van der Waals surface area contributed by atoms with Gasteiger partial charge in [-0.15, -0.1) is 0 Å². The normalized spacial score (nSPS) is 9.95. The standard InChI is InChI=1S/C14H12ClN3O3/c15-13-7-2-1-4-10(13)9-16-14(19)17-11-5-3-6-12(8-11)18(20)21/h1-8H,9H2,(H2,16,17,19). The molecule has 0 aromatic heterocycles. The summed E-state index contributed by atoms with van der Waals surface area (Å²) in [5, 5.41) is 16.4. The smallest absolute Gasteiger partial charge is 0.319 e. The zero-order chi connectivity index (χ0) is 15.2. The van der Waals surface area contributed by atoms with E-state index < -0.39 is 11.0 Å². The van der Waals surface area contributed by atoms with Gasteiger partial charge in [-0.05, 0) is 17.7 Å². The first-order chi connectivity index (χ1) is 10.1. The Kier molecular flexibility index (Phi) is 4.73. The Hall–Kier alpha value is -2.60. The number of hydrogen-bond donors (Lipinski definition) is 2. The van der Waals surface area contributed by atoms with Crippen molar-refractivity contribution in [2.45, 2.75) is 6.54 Å². The van der Waals surface area contributed by atoms with Gasteiger partial charge < -0.3 is 10.6 Å². The maximum Gasteiger partial charge on any atom is 0.319 e. The van der Waals surface area contributed by atoms with E-state index >= 15 is 0 Å². The Morgan fingerprint density at radius 2 is 1.95 bits per heavy atom. The summed E-state index contributed by atoms with van der Waals surface area (Å²) in [5.41, 5.74) is 1.05. The minimum atomic E-state index is -0.521. The molecular weight excluding hydrogens is 294 g/mol. The van der Waals surface area contributed by atoms with Crippen LogP contribution in [-0.2, 0) is 6.54 Å². The first-order valence-corrected chi connectivity index (χ1v) is 6.47. The molecule has 0 aliphatic rings. The molecule has 0 bridgehead atoms. The number of nitrogens with one attached hydrogen (secondary N) is 2. The van der Waals surface area contributed by atoms with Gasteiger partial charge in [-0.3, -0.25) is 10.1 Å². The number of halogens is 1. The number of carbonyl (C=O) groups is 1. The molecular formula is C14H12ClN3O3. The third-order valence-electron chi connectivity index (χ3n) is 2.71. The second kappa shape index (κ2) is 6.71. The van der Waals surface area contributed by atoms with E-state index in [4.69, 9.17) is 11.6 Å². The molecule has 2 amide bonds. The van der Waals surface area contributed by atoms with Gasteiger partial charge in [0.05, 0.1) is 4.92 Å². The number of nitro benzene ring substituents is 1. The first kappa shape index (κ1) is 14.8. The molecule has 0 saturated heterocycles. The number of benzene rings is 2. The fourth-order valence-electron chi connectivity index (χ4n) is 1.69. The maximum atomic E-state index is 11.7. The largest absolute Gasteiger partial charge is 0.334 e. The molecule has 0 heterocycles. The van der Waals surface area contributed by atoms with Crippen molar-refractivity contribution in [1.82, 2.24) is 5.32 Å². The third-order valence-corrected chi connectivity index (χ3v) is 3.08. The highest BCUT2D eigenvalue weighted by Crippen LogP contribution is 2.17. The summed E-state index contributed by atoms with van der Waals surface area (Å²) < 4.78 is 0. The zero-order valence-electron chi connectivity index (χ0n) is 10.9. The number of urea groups is 1. The molecule has 2 N–H and O–H groups in total. The van der Waals surface area contributed by atoms with Crippen molar-refractivity contribution in [3.05, 3.63) is 69.2 Å². The molecule has 21 heavy (non-hydrogen) atoms. The summed E-state index contributed by atoms with van der Waals surface area (Å²) in [6.07, 6.45) is 0. The predicted octanol–water partition coefficient (Wildman–Crippen LogP) is 3.57. The minimum absolute atomic E-state index is 0.0843. The molecule has 7 heteroatoms. The van der Waals surface area contributed by atoms with E-state index in [1.54, 1.807) is 24.3 Å². The van der Waals surface area contributed by atoms with Gasteiger partial charge in [-0.1, -0.05) is 35.9 Å². The number of nitrogens with zero attached hydrogens (tertiary/aromatic N) is 1. The van der Waals surface area contributed by atoms with Crippen molar-refractivity contribution in [2.75, 3.05) is 5.32 Å². The summed E-state index contributed by atoms with van der Waals surface area (Å²) in [5.74, 6) is 0. The van der Waals surface area contributed by atoms with Crippen molar-refractivity contribution in [3.63, 3.8) is 0 Å². The molecule has 0 radical (unpaired) electrons. The van der Waals surface area contributed by atoms with Gasteiger partial charge in [0.15, 0.2) is 0 Å². The van der Waals surface area contributed by atoms with Gasteiger partial charge in [-0.25, -0.2) is 4.79 Å². The average molecular weight is 306 g/mol. The summed E-state index contributed by atoms with van der Waals surface area (Å²) in [6, 6.07) is 12.4. The number of rotatable bonds is 4. The lowest BCUT2D eigenvalue weighted by molar-refractivity contribution is -0.384. The molecule has 0 aliphatic carbocycles. The molecule has 2 aromatic carbocycles. The van der Waals surface area contributed by atoms with Crippen LogP contribution in [0.3, 0.4) is 0 Å². The Bertz CT molecular complexity index is 676. The topological polar surface area (TPSA) is 84.3 Å². The zero-order valence-corrected chi connectivity index (χ0v) is 11.6. The Labute approximate surface area is 125 Å². The molecule has 0 fully saturated rings. The summed E-state index contributed by atoms with van der Waals surface area (Å²) >= 11 is 5.98. The Balaban J connectivity index is 1.95. The lowest BCUT2D eigenvalue weighted by Gasteiger charge is -2.08. The predicted molar refractivity (Wildman–Crippen MR) is 80.4 cm³/mol. The van der Waals surface area contributed by atoms with Crippen molar-refractivity contribution in [2.24, 2.45) is 0 Å². The summed E-state index contributed by atoms with van der Waals surface area (Å²) in [4.78, 5) is 21.9. The number of nitro groups is 1. The summed E-state index contributed by atoms with van der Waals surface area (Å²) in [6.45, 7) is 0.264. The van der Waals surface area contributed by atoms with E-state index in [9.17, 15) is 14.9 Å². The van der Waals surface area contributed by atoms with Gasteiger partial charge >= 0.3 is 6.03 Å². The third kappa shape index (κ3) is 4.19. The number of non-ortho nitro benzene ring substituents is 1. The number of anilines is 1. The molecule has 0 atom stereocenters. The monoisotopic (exact) mass is 305 g/mol. The van der Waals surface area contributed by atoms with Crippen molar-refractivity contribution in [3.8, 4) is 0 Å². The highest BCUT2D eigenvalue weighted by Gasteiger charge is 2.08. The van der Waals surface area contributed by atoms with Crippen LogP contribution in [-0.4, -0.2) is 11.0 Å². The van der Waals surface area contributed by atoms with Crippen molar-refractivity contribution < 1.29 is 9.72 Å². The van der Waals surface area contributed by atoms with Gasteiger partial charge in [0.1, 0.15) is 0 Å². The number of carbonyl (C=O) groups excluding carboxylic acids is 1. The van der Waals surface area contributed by atoms with E-state index in [2.05, 4.69) is 10.6 Å². The Morgan fingerprint density at radius 3 is 2.67 bits per heavy atom. The van der Waals surface area contributed by atoms with Crippen molar-refractivity contribution in [1.29, 1.82) is 0 Å². The highest BCUT2D eigenvalue weighted by molar-refractivity contribution is 6.31. The van der Waals surface area contributed by atoms with Crippen LogP contribution in [0.4, 0.5) is 16.2 Å². The van der Waals surface area contributed by atoms with Crippen LogP contribution >= 0.6 is 11.6 Å². The van der Waals surface area contributed by atoms with Crippen LogP contribution in [0, 0.1) is 10.1 Å². The van der Waals surface area contributed by atoms with Crippen LogP contribution in [0.2, 0.25) is 5.02 Å². The summed E-state index contributed by atoms with van der Waals surface area (Å²) in [7, 11) is 0. The lowest BCUT2D eigenvalue weighted by Crippen LogP contribution is -2.28. The van der Waals surface area contributed by atoms with Crippen LogP contribution < -0.4 is 10.6 Å². The van der Waals surface area contributed by atoms with Crippen LogP contribution in [0.5, 0.6) is 0 Å². The SMILES string of the molecule is O=C(NCc1ccccc1Cl)Nc1cccc([N+](=O)[O-])c1. The quantitative estimate of drug-likeness (QED) is 0.669. The average Bonchev–Trinajstić information content (AvgIpc) is 2.46. The van der Waals surface area contributed by atoms with E-state index in [1.807, 2.05) is 6.07 Å². The molecule has 0 saturated carbocycles. The van der Waals surface area contributed by atoms with E-state index in [-0.39, 0.29) is 12.2 Å². The lowest BCUT2D eigenvalue weighted by atomic mass is 10.2. The van der Waals surface area contributed by atoms with Gasteiger partial charge in [0.25, 0.3) is 5.69 Å².